The lowest BCUT2D eigenvalue weighted by Crippen LogP contribution is -2.08. The zero-order valence-electron chi connectivity index (χ0n) is 11.9. The summed E-state index contributed by atoms with van der Waals surface area (Å²) in [4.78, 5) is 11.9. The molecule has 3 nitrogen and oxygen atoms in total. The summed E-state index contributed by atoms with van der Waals surface area (Å²) in [5.41, 5.74) is 2.76. The number of rotatable bonds is 4. The first-order valence-corrected chi connectivity index (χ1v) is 7.27. The van der Waals surface area contributed by atoms with Crippen molar-refractivity contribution in [1.29, 1.82) is 0 Å². The highest BCUT2D eigenvalue weighted by Crippen LogP contribution is 2.20. The van der Waals surface area contributed by atoms with Crippen LogP contribution in [0.3, 0.4) is 0 Å². The number of ether oxygens (including phenoxy) is 1. The fourth-order valence-electron chi connectivity index (χ4n) is 1.83. The van der Waals surface area contributed by atoms with Crippen molar-refractivity contribution < 1.29 is 9.53 Å². The lowest BCUT2D eigenvalue weighted by molar-refractivity contribution is -0.111. The third-order valence-corrected chi connectivity index (χ3v) is 3.48. The van der Waals surface area contributed by atoms with Crippen molar-refractivity contribution in [3.63, 3.8) is 0 Å². The molecule has 0 spiro atoms. The number of hydrogen-bond donors (Lipinski definition) is 1. The predicted molar refractivity (Wildman–Crippen MR) is 89.5 cm³/mol. The van der Waals surface area contributed by atoms with Gasteiger partial charge < -0.3 is 10.1 Å². The molecule has 0 aromatic heterocycles. The Balaban J connectivity index is 2.01. The summed E-state index contributed by atoms with van der Waals surface area (Å²) in [6.07, 6.45) is 3.28. The highest BCUT2D eigenvalue weighted by Gasteiger charge is 2.02. The third-order valence-electron chi connectivity index (χ3n) is 2.99. The molecular weight excluding hydrogens is 330 g/mol. The summed E-state index contributed by atoms with van der Waals surface area (Å²) >= 11 is 3.40. The monoisotopic (exact) mass is 345 g/mol. The van der Waals surface area contributed by atoms with Gasteiger partial charge in [0.15, 0.2) is 0 Å². The van der Waals surface area contributed by atoms with Crippen molar-refractivity contribution >= 4 is 33.6 Å². The molecule has 0 aliphatic carbocycles. The highest BCUT2D eigenvalue weighted by molar-refractivity contribution is 9.10. The van der Waals surface area contributed by atoms with Crippen molar-refractivity contribution in [2.75, 3.05) is 12.4 Å². The van der Waals surface area contributed by atoms with Gasteiger partial charge in [-0.2, -0.15) is 0 Å². The van der Waals surface area contributed by atoms with Crippen molar-refractivity contribution in [3.8, 4) is 5.75 Å². The Morgan fingerprint density at radius 2 is 1.90 bits per heavy atom. The maximum Gasteiger partial charge on any atom is 0.248 e. The van der Waals surface area contributed by atoms with Crippen LogP contribution in [0.15, 0.2) is 53.0 Å². The smallest absolute Gasteiger partial charge is 0.248 e. The lowest BCUT2D eigenvalue weighted by atomic mass is 10.2. The van der Waals surface area contributed by atoms with Crippen molar-refractivity contribution in [1.82, 2.24) is 0 Å². The fourth-order valence-corrected chi connectivity index (χ4v) is 2.30. The van der Waals surface area contributed by atoms with Crippen LogP contribution in [0.2, 0.25) is 0 Å². The first-order chi connectivity index (χ1) is 10.1. The summed E-state index contributed by atoms with van der Waals surface area (Å²) in [7, 11) is 1.62. The Morgan fingerprint density at radius 1 is 1.19 bits per heavy atom. The molecule has 0 atom stereocenters. The average Bonchev–Trinajstić information content (AvgIpc) is 2.48. The Hall–Kier alpha value is -2.07. The fraction of sp³-hybridized carbons (Fsp3) is 0.118. The van der Waals surface area contributed by atoms with E-state index in [9.17, 15) is 4.79 Å². The number of amides is 1. The molecule has 0 fully saturated rings. The van der Waals surface area contributed by atoms with E-state index in [1.807, 2.05) is 49.4 Å². The minimum atomic E-state index is -0.156. The molecule has 0 heterocycles. The molecule has 2 rings (SSSR count). The van der Waals surface area contributed by atoms with E-state index in [4.69, 9.17) is 4.74 Å². The third kappa shape index (κ3) is 4.46. The topological polar surface area (TPSA) is 38.3 Å². The lowest BCUT2D eigenvalue weighted by Gasteiger charge is -2.06. The molecular formula is C17H16BrNO2. The molecule has 0 aliphatic heterocycles. The van der Waals surface area contributed by atoms with E-state index in [1.165, 1.54) is 6.08 Å². The number of carbonyl (C=O) groups is 1. The van der Waals surface area contributed by atoms with Gasteiger partial charge >= 0.3 is 0 Å². The zero-order chi connectivity index (χ0) is 15.2. The van der Waals surface area contributed by atoms with Gasteiger partial charge in [-0.3, -0.25) is 4.79 Å². The van der Waals surface area contributed by atoms with E-state index in [0.29, 0.717) is 0 Å². The molecule has 0 saturated heterocycles. The maximum atomic E-state index is 11.9. The molecule has 2 aromatic carbocycles. The molecule has 0 bridgehead atoms. The number of hydrogen-bond acceptors (Lipinski definition) is 2. The number of benzene rings is 2. The SMILES string of the molecule is COc1ccc(/C=C/C(=O)Nc2ccc(Br)cc2C)cc1. The molecule has 0 aliphatic rings. The second-order valence-electron chi connectivity index (χ2n) is 4.55. The minimum absolute atomic E-state index is 0.156. The number of methoxy groups -OCH3 is 1. The van der Waals surface area contributed by atoms with E-state index >= 15 is 0 Å². The van der Waals surface area contributed by atoms with Crippen LogP contribution < -0.4 is 10.1 Å². The molecule has 0 unspecified atom stereocenters. The molecule has 0 radical (unpaired) electrons. The van der Waals surface area contributed by atoms with Gasteiger partial charge in [-0.15, -0.1) is 0 Å². The summed E-state index contributed by atoms with van der Waals surface area (Å²) in [6.45, 7) is 1.95. The highest BCUT2D eigenvalue weighted by atomic mass is 79.9. The average molecular weight is 346 g/mol. The van der Waals surface area contributed by atoms with E-state index in [-0.39, 0.29) is 5.91 Å². The van der Waals surface area contributed by atoms with Crippen LogP contribution >= 0.6 is 15.9 Å². The Kier molecular flexibility index (Phi) is 5.17. The standard InChI is InChI=1S/C17H16BrNO2/c1-12-11-14(18)6-9-16(12)19-17(20)10-5-13-3-7-15(21-2)8-4-13/h3-11H,1-2H3,(H,19,20)/b10-5+. The second-order valence-corrected chi connectivity index (χ2v) is 5.47. The van der Waals surface area contributed by atoms with Gasteiger partial charge in [-0.25, -0.2) is 0 Å². The van der Waals surface area contributed by atoms with Crippen molar-refractivity contribution in [2.24, 2.45) is 0 Å². The zero-order valence-corrected chi connectivity index (χ0v) is 13.5. The number of nitrogens with one attached hydrogen (secondary N) is 1. The van der Waals surface area contributed by atoms with Gasteiger partial charge in [-0.1, -0.05) is 28.1 Å². The summed E-state index contributed by atoms with van der Waals surface area (Å²) < 4.78 is 6.08. The van der Waals surface area contributed by atoms with E-state index in [0.717, 1.165) is 27.0 Å². The summed E-state index contributed by atoms with van der Waals surface area (Å²) in [6, 6.07) is 13.2. The summed E-state index contributed by atoms with van der Waals surface area (Å²) in [5, 5.41) is 2.86. The quantitative estimate of drug-likeness (QED) is 0.833. The Labute approximate surface area is 132 Å². The van der Waals surface area contributed by atoms with Crippen LogP contribution in [0.4, 0.5) is 5.69 Å². The van der Waals surface area contributed by atoms with Crippen LogP contribution in [0.5, 0.6) is 5.75 Å². The molecule has 108 valence electrons. The van der Waals surface area contributed by atoms with Crippen LogP contribution in [0, 0.1) is 6.92 Å². The van der Waals surface area contributed by atoms with Crippen molar-refractivity contribution in [2.45, 2.75) is 6.92 Å². The predicted octanol–water partition coefficient (Wildman–Crippen LogP) is 4.42. The first-order valence-electron chi connectivity index (χ1n) is 6.48. The van der Waals surface area contributed by atoms with E-state index < -0.39 is 0 Å². The number of carbonyl (C=O) groups excluding carboxylic acids is 1. The Bertz CT molecular complexity index is 663. The molecule has 1 amide bonds. The number of anilines is 1. The minimum Gasteiger partial charge on any atom is -0.497 e. The van der Waals surface area contributed by atoms with E-state index in [1.54, 1.807) is 13.2 Å². The Morgan fingerprint density at radius 3 is 2.52 bits per heavy atom. The summed E-state index contributed by atoms with van der Waals surface area (Å²) in [5.74, 6) is 0.637. The molecule has 0 saturated carbocycles. The van der Waals surface area contributed by atoms with Gasteiger partial charge in [0, 0.05) is 16.2 Å². The molecule has 4 heteroatoms. The largest absolute Gasteiger partial charge is 0.497 e. The molecule has 1 N–H and O–H groups in total. The normalized spacial score (nSPS) is 10.6. The van der Waals surface area contributed by atoms with E-state index in [2.05, 4.69) is 21.2 Å². The maximum absolute atomic E-state index is 11.9. The van der Waals surface area contributed by atoms with Gasteiger partial charge in [0.1, 0.15) is 5.75 Å². The second kappa shape index (κ2) is 7.09. The van der Waals surface area contributed by atoms with Crippen LogP contribution in [-0.4, -0.2) is 13.0 Å². The van der Waals surface area contributed by atoms with Crippen LogP contribution in [0.25, 0.3) is 6.08 Å². The van der Waals surface area contributed by atoms with Gasteiger partial charge in [0.2, 0.25) is 5.91 Å². The van der Waals surface area contributed by atoms with Crippen LogP contribution in [0.1, 0.15) is 11.1 Å². The van der Waals surface area contributed by atoms with Crippen LogP contribution in [-0.2, 0) is 4.79 Å². The van der Waals surface area contributed by atoms with Gasteiger partial charge in [0.05, 0.1) is 7.11 Å². The number of aryl methyl sites for hydroxylation is 1. The van der Waals surface area contributed by atoms with Gasteiger partial charge in [0.25, 0.3) is 0 Å². The molecule has 2 aromatic rings. The van der Waals surface area contributed by atoms with Gasteiger partial charge in [-0.05, 0) is 54.5 Å². The number of halogens is 1. The first kappa shape index (κ1) is 15.3. The molecule has 21 heavy (non-hydrogen) atoms. The van der Waals surface area contributed by atoms with Crippen molar-refractivity contribution in [3.05, 3.63) is 64.1 Å².